The van der Waals surface area contributed by atoms with Crippen LogP contribution in [0.1, 0.15) is 10.5 Å². The summed E-state index contributed by atoms with van der Waals surface area (Å²) >= 11 is 3.11. The van der Waals surface area contributed by atoms with Crippen LogP contribution in [0.5, 0.6) is 0 Å². The lowest BCUT2D eigenvalue weighted by Crippen LogP contribution is -2.21. The van der Waals surface area contributed by atoms with Gasteiger partial charge in [0.15, 0.2) is 6.61 Å². The Morgan fingerprint density at radius 2 is 2.15 bits per heavy atom. The Bertz CT molecular complexity index is 629. The molecule has 0 radical (unpaired) electrons. The predicted molar refractivity (Wildman–Crippen MR) is 73.8 cm³/mol. The molecule has 0 atom stereocenters. The first-order valence-corrected chi connectivity index (χ1v) is 6.41. The highest BCUT2D eigenvalue weighted by Gasteiger charge is 2.12. The van der Waals surface area contributed by atoms with Gasteiger partial charge in [0.05, 0.1) is 5.69 Å². The molecule has 1 aromatic carbocycles. The maximum atomic E-state index is 13.5. The van der Waals surface area contributed by atoms with Gasteiger partial charge in [0, 0.05) is 10.7 Å². The summed E-state index contributed by atoms with van der Waals surface area (Å²) in [5.41, 5.74) is 0.266. The Morgan fingerprint density at radius 1 is 1.35 bits per heavy atom. The van der Waals surface area contributed by atoms with Crippen molar-refractivity contribution in [1.82, 2.24) is 4.98 Å². The Balaban J connectivity index is 1.88. The predicted octanol–water partition coefficient (Wildman–Crippen LogP) is 2.71. The number of ether oxygens (including phenoxy) is 1. The maximum Gasteiger partial charge on any atom is 0.355 e. The Kier molecular flexibility index (Phi) is 4.52. The van der Waals surface area contributed by atoms with Crippen molar-refractivity contribution in [3.05, 3.63) is 52.5 Å². The van der Waals surface area contributed by atoms with Gasteiger partial charge in [-0.1, -0.05) is 15.9 Å². The number of aromatic amines is 1. The molecular weight excluding hydrogens is 331 g/mol. The number of hydrogen-bond acceptors (Lipinski definition) is 3. The summed E-state index contributed by atoms with van der Waals surface area (Å²) in [7, 11) is 0. The minimum Gasteiger partial charge on any atom is -0.451 e. The third-order valence-electron chi connectivity index (χ3n) is 2.36. The molecule has 20 heavy (non-hydrogen) atoms. The normalized spacial score (nSPS) is 10.1. The number of esters is 1. The standard InChI is InChI=1S/C13H10BrFN2O3/c14-8-3-4-10(9(15)6-8)17-12(18)7-20-13(19)11-2-1-5-16-11/h1-6,16H,7H2,(H,17,18). The monoisotopic (exact) mass is 340 g/mol. The maximum absolute atomic E-state index is 13.5. The molecule has 7 heteroatoms. The van der Waals surface area contributed by atoms with E-state index in [9.17, 15) is 14.0 Å². The summed E-state index contributed by atoms with van der Waals surface area (Å²) in [6, 6.07) is 7.37. The van der Waals surface area contributed by atoms with Crippen LogP contribution in [0.15, 0.2) is 41.0 Å². The molecule has 2 N–H and O–H groups in total. The molecular formula is C13H10BrFN2O3. The summed E-state index contributed by atoms with van der Waals surface area (Å²) in [6.07, 6.45) is 1.56. The Labute approximate surface area is 122 Å². The van der Waals surface area contributed by atoms with Gasteiger partial charge in [-0.15, -0.1) is 0 Å². The molecule has 0 aliphatic carbocycles. The molecule has 0 saturated heterocycles. The van der Waals surface area contributed by atoms with Crippen molar-refractivity contribution in [1.29, 1.82) is 0 Å². The number of carbonyl (C=O) groups is 2. The molecule has 1 heterocycles. The van der Waals surface area contributed by atoms with E-state index < -0.39 is 24.3 Å². The number of amides is 1. The van der Waals surface area contributed by atoms with Gasteiger partial charge in [-0.05, 0) is 30.3 Å². The summed E-state index contributed by atoms with van der Waals surface area (Å²) < 4.78 is 18.8. The summed E-state index contributed by atoms with van der Waals surface area (Å²) in [5.74, 6) is -1.85. The van der Waals surface area contributed by atoms with E-state index in [1.54, 1.807) is 18.3 Å². The molecule has 5 nitrogen and oxygen atoms in total. The first-order valence-electron chi connectivity index (χ1n) is 5.61. The minimum atomic E-state index is -0.651. The highest BCUT2D eigenvalue weighted by atomic mass is 79.9. The summed E-state index contributed by atoms with van der Waals surface area (Å²) in [4.78, 5) is 25.7. The molecule has 0 unspecified atom stereocenters. The van der Waals surface area contributed by atoms with Crippen molar-refractivity contribution in [3.63, 3.8) is 0 Å². The lowest BCUT2D eigenvalue weighted by Gasteiger charge is -2.07. The quantitative estimate of drug-likeness (QED) is 0.840. The second kappa shape index (κ2) is 6.33. The number of nitrogens with one attached hydrogen (secondary N) is 2. The van der Waals surface area contributed by atoms with Crippen molar-refractivity contribution < 1.29 is 18.7 Å². The fourth-order valence-corrected chi connectivity index (χ4v) is 1.78. The highest BCUT2D eigenvalue weighted by Crippen LogP contribution is 2.19. The van der Waals surface area contributed by atoms with Gasteiger partial charge in [0.25, 0.3) is 5.91 Å². The zero-order chi connectivity index (χ0) is 14.5. The van der Waals surface area contributed by atoms with Gasteiger partial charge in [-0.25, -0.2) is 9.18 Å². The van der Waals surface area contributed by atoms with Gasteiger partial charge in [0.2, 0.25) is 0 Å². The number of hydrogen-bond donors (Lipinski definition) is 2. The number of H-pyrrole nitrogens is 1. The zero-order valence-corrected chi connectivity index (χ0v) is 11.7. The first-order chi connectivity index (χ1) is 9.56. The number of anilines is 1. The largest absolute Gasteiger partial charge is 0.451 e. The van der Waals surface area contributed by atoms with Gasteiger partial charge in [-0.3, -0.25) is 4.79 Å². The van der Waals surface area contributed by atoms with Crippen molar-refractivity contribution in [2.75, 3.05) is 11.9 Å². The van der Waals surface area contributed by atoms with Crippen molar-refractivity contribution in [2.45, 2.75) is 0 Å². The molecule has 0 aliphatic rings. The van der Waals surface area contributed by atoms with Gasteiger partial charge in [-0.2, -0.15) is 0 Å². The summed E-state index contributed by atoms with van der Waals surface area (Å²) in [6.45, 7) is -0.493. The summed E-state index contributed by atoms with van der Waals surface area (Å²) in [5, 5.41) is 2.32. The Morgan fingerprint density at radius 3 is 2.80 bits per heavy atom. The van der Waals surface area contributed by atoms with Crippen LogP contribution in [0.3, 0.4) is 0 Å². The third kappa shape index (κ3) is 3.67. The van der Waals surface area contributed by atoms with Crippen molar-refractivity contribution >= 4 is 33.5 Å². The fourth-order valence-electron chi connectivity index (χ4n) is 1.44. The molecule has 1 aromatic heterocycles. The average Bonchev–Trinajstić information content (AvgIpc) is 2.93. The number of halogens is 2. The van der Waals surface area contributed by atoms with Crippen molar-refractivity contribution in [3.8, 4) is 0 Å². The lowest BCUT2D eigenvalue weighted by molar-refractivity contribution is -0.119. The molecule has 2 rings (SSSR count). The Hall–Kier alpha value is -2.15. The van der Waals surface area contributed by atoms with E-state index >= 15 is 0 Å². The zero-order valence-electron chi connectivity index (χ0n) is 10.2. The van der Waals surface area contributed by atoms with Crippen LogP contribution in [0.25, 0.3) is 0 Å². The molecule has 0 spiro atoms. The topological polar surface area (TPSA) is 71.2 Å². The number of benzene rings is 1. The number of rotatable bonds is 4. The van der Waals surface area contributed by atoms with Crippen molar-refractivity contribution in [2.24, 2.45) is 0 Å². The molecule has 0 saturated carbocycles. The molecule has 104 valence electrons. The SMILES string of the molecule is O=C(COC(=O)c1ccc[nH]1)Nc1ccc(Br)cc1F. The highest BCUT2D eigenvalue weighted by molar-refractivity contribution is 9.10. The van der Waals surface area contributed by atoms with E-state index in [-0.39, 0.29) is 11.4 Å². The minimum absolute atomic E-state index is 0.0223. The lowest BCUT2D eigenvalue weighted by atomic mass is 10.3. The van der Waals surface area contributed by atoms with E-state index in [1.807, 2.05) is 0 Å². The van der Waals surface area contributed by atoms with E-state index in [1.165, 1.54) is 18.2 Å². The first kappa shape index (κ1) is 14.3. The van der Waals surface area contributed by atoms with Crippen LogP contribution in [0, 0.1) is 5.82 Å². The molecule has 0 fully saturated rings. The van der Waals surface area contributed by atoms with Gasteiger partial charge < -0.3 is 15.0 Å². The third-order valence-corrected chi connectivity index (χ3v) is 2.85. The van der Waals surface area contributed by atoms with Crippen LogP contribution in [0.2, 0.25) is 0 Å². The van der Waals surface area contributed by atoms with E-state index in [2.05, 4.69) is 26.2 Å². The van der Waals surface area contributed by atoms with Crippen LogP contribution >= 0.6 is 15.9 Å². The van der Waals surface area contributed by atoms with Crippen LogP contribution < -0.4 is 5.32 Å². The van der Waals surface area contributed by atoms with Gasteiger partial charge >= 0.3 is 5.97 Å². The van der Waals surface area contributed by atoms with Crippen LogP contribution in [0.4, 0.5) is 10.1 Å². The molecule has 1 amide bonds. The number of aromatic nitrogens is 1. The molecule has 0 aliphatic heterocycles. The van der Waals surface area contributed by atoms with Crippen LogP contribution in [-0.2, 0) is 9.53 Å². The molecule has 2 aromatic rings. The fraction of sp³-hybridized carbons (Fsp3) is 0.0769. The molecule has 0 bridgehead atoms. The van der Waals surface area contributed by atoms with E-state index in [0.29, 0.717) is 4.47 Å². The van der Waals surface area contributed by atoms with Gasteiger partial charge in [0.1, 0.15) is 11.5 Å². The number of carbonyl (C=O) groups excluding carboxylic acids is 2. The van der Waals surface area contributed by atoms with E-state index in [4.69, 9.17) is 4.74 Å². The van der Waals surface area contributed by atoms with Crippen LogP contribution in [-0.4, -0.2) is 23.5 Å². The van der Waals surface area contributed by atoms with E-state index in [0.717, 1.165) is 0 Å². The second-order valence-corrected chi connectivity index (χ2v) is 4.75. The average molecular weight is 341 g/mol. The smallest absolute Gasteiger partial charge is 0.355 e. The second-order valence-electron chi connectivity index (χ2n) is 3.83.